The van der Waals surface area contributed by atoms with Crippen molar-refractivity contribution in [3.63, 3.8) is 0 Å². The molecule has 2 saturated carbocycles. The van der Waals surface area contributed by atoms with Gasteiger partial charge >= 0.3 is 0 Å². The normalized spacial score (nSPS) is 16.5. The van der Waals surface area contributed by atoms with Gasteiger partial charge in [-0.05, 0) is 149 Å². The zero-order valence-corrected chi connectivity index (χ0v) is 45.7. The van der Waals surface area contributed by atoms with E-state index in [9.17, 15) is 0 Å². The number of para-hydroxylation sites is 6. The lowest BCUT2D eigenvalue weighted by atomic mass is 9.30. The average Bonchev–Trinajstić information content (AvgIpc) is 3.64. The van der Waals surface area contributed by atoms with E-state index in [1.165, 1.54) is 176 Å². The highest BCUT2D eigenvalue weighted by Gasteiger charge is 2.49. The molecule has 4 heterocycles. The first-order valence-corrected chi connectivity index (χ1v) is 32.3. The number of fused-ring (bicyclic) bond motifs is 8. The monoisotopic (exact) mass is 1010 g/mol. The summed E-state index contributed by atoms with van der Waals surface area (Å²) in [5.41, 5.74) is 24.4. The molecule has 8 heteroatoms. The molecule has 0 amide bonds. The summed E-state index contributed by atoms with van der Waals surface area (Å²) in [6.07, 6.45) is 13.0. The molecule has 6 aliphatic rings. The van der Waals surface area contributed by atoms with Gasteiger partial charge in [-0.3, -0.25) is 0 Å². The molecule has 0 spiro atoms. The number of hydrogen-bond acceptors (Lipinski definition) is 5. The van der Waals surface area contributed by atoms with Crippen LogP contribution in [0.4, 0.5) is 73.9 Å². The van der Waals surface area contributed by atoms with Crippen LogP contribution < -0.4 is 62.5 Å². The Morgan fingerprint density at radius 2 is 0.675 bits per heavy atom. The van der Waals surface area contributed by atoms with E-state index in [0.717, 1.165) is 0 Å². The maximum atomic E-state index is 2.97. The molecule has 4 aliphatic heterocycles. The third-order valence-electron chi connectivity index (χ3n) is 18.2. The fourth-order valence-corrected chi connectivity index (χ4v) is 16.0. The van der Waals surface area contributed by atoms with Crippen molar-refractivity contribution < 1.29 is 0 Å². The van der Waals surface area contributed by atoms with Gasteiger partial charge in [-0.1, -0.05) is 179 Å². The van der Waals surface area contributed by atoms with E-state index in [-0.39, 0.29) is 13.4 Å². The quantitative estimate of drug-likeness (QED) is 0.141. The van der Waals surface area contributed by atoms with Crippen LogP contribution in [0, 0.1) is 0 Å². The van der Waals surface area contributed by atoms with Crippen LogP contribution in [0.5, 0.6) is 0 Å². The number of benzene rings is 9. The van der Waals surface area contributed by atoms with Gasteiger partial charge in [0.2, 0.25) is 0 Å². The predicted molar refractivity (Wildman–Crippen MR) is 334 cm³/mol. The fraction of sp³-hybridized carbons (Fsp3) is 0.217. The summed E-state index contributed by atoms with van der Waals surface area (Å²) in [5.74, 6) is 0. The molecule has 9 aromatic rings. The summed E-state index contributed by atoms with van der Waals surface area (Å²) in [7, 11) is -1.89. The molecule has 9 aromatic carbocycles. The lowest BCUT2D eigenvalue weighted by Gasteiger charge is -2.48. The lowest BCUT2D eigenvalue weighted by Crippen LogP contribution is -2.65. The van der Waals surface area contributed by atoms with E-state index in [0.29, 0.717) is 12.1 Å². The standard InChI is InChI=1S/C69H65B2N5Si/c1-77(2,3)55-44-66-69-67(45-55)76(53-36-20-9-21-37-53)63-47-62-58(46-59(63)71(69)57-39-23-25-41-61(57)74(66)51-32-16-7-17-33-51)70-56-38-22-24-40-60(56)73(50-30-14-6-15-31-50)64-42-54(43-65(68(64)70)75(62)52-34-18-8-19-35-52)72(48-26-10-4-11-27-48)49-28-12-5-13-29-49/h6-9,14-25,30-49H,4-5,10-13,26-29H2,1-3H3. The van der Waals surface area contributed by atoms with Gasteiger partial charge < -0.3 is 24.5 Å². The molecule has 0 unspecified atom stereocenters. The molecule has 77 heavy (non-hydrogen) atoms. The topological polar surface area (TPSA) is 16.2 Å². The summed E-state index contributed by atoms with van der Waals surface area (Å²) in [4.78, 5) is 13.5. The van der Waals surface area contributed by atoms with Crippen LogP contribution in [0.3, 0.4) is 0 Å². The van der Waals surface area contributed by atoms with Crippen molar-refractivity contribution in [3.05, 3.63) is 206 Å². The van der Waals surface area contributed by atoms with Crippen molar-refractivity contribution in [1.82, 2.24) is 0 Å². The van der Waals surface area contributed by atoms with Gasteiger partial charge in [0, 0.05) is 86.0 Å². The summed E-state index contributed by atoms with van der Waals surface area (Å²) < 4.78 is 0. The second-order valence-corrected chi connectivity index (χ2v) is 28.8. The van der Waals surface area contributed by atoms with Gasteiger partial charge in [0.15, 0.2) is 0 Å². The van der Waals surface area contributed by atoms with E-state index in [1.54, 1.807) is 0 Å². The maximum absolute atomic E-state index is 2.97. The average molecular weight is 1010 g/mol. The van der Waals surface area contributed by atoms with Gasteiger partial charge in [0.1, 0.15) is 0 Å². The fourth-order valence-electron chi connectivity index (χ4n) is 14.8. The molecule has 0 saturated heterocycles. The summed E-state index contributed by atoms with van der Waals surface area (Å²) in [6, 6.07) is 80.4. The molecule has 376 valence electrons. The number of rotatable bonds is 8. The zero-order chi connectivity index (χ0) is 51.4. The highest BCUT2D eigenvalue weighted by atomic mass is 28.3. The minimum Gasteiger partial charge on any atom is -0.365 e. The Balaban J connectivity index is 1.06. The summed E-state index contributed by atoms with van der Waals surface area (Å²) in [5, 5.41) is 1.45. The Bertz CT molecular complexity index is 3690. The van der Waals surface area contributed by atoms with Gasteiger partial charge in [-0.25, -0.2) is 0 Å². The minimum absolute atomic E-state index is 0.0141. The van der Waals surface area contributed by atoms with Crippen LogP contribution in [0.1, 0.15) is 64.2 Å². The van der Waals surface area contributed by atoms with Crippen LogP contribution in [0.25, 0.3) is 0 Å². The summed E-state index contributed by atoms with van der Waals surface area (Å²) in [6.45, 7) is 7.48. The Kier molecular flexibility index (Phi) is 11.2. The van der Waals surface area contributed by atoms with E-state index >= 15 is 0 Å². The first kappa shape index (κ1) is 46.6. The molecular formula is C69H65B2N5Si. The third-order valence-corrected chi connectivity index (χ3v) is 20.2. The number of nitrogens with zero attached hydrogens (tertiary/aromatic N) is 5. The first-order valence-electron chi connectivity index (χ1n) is 28.8. The highest BCUT2D eigenvalue weighted by molar-refractivity contribution is 7.03. The van der Waals surface area contributed by atoms with E-state index in [4.69, 9.17) is 0 Å². The second kappa shape index (κ2) is 18.5. The van der Waals surface area contributed by atoms with E-state index in [2.05, 4.69) is 250 Å². The third kappa shape index (κ3) is 7.49. The Labute approximate surface area is 457 Å². The molecule has 2 aliphatic carbocycles. The molecule has 0 aromatic heterocycles. The highest BCUT2D eigenvalue weighted by Crippen LogP contribution is 2.50. The molecular weight excluding hydrogens is 949 g/mol. The smallest absolute Gasteiger partial charge is 0.252 e. The minimum atomic E-state index is -1.89. The zero-order valence-electron chi connectivity index (χ0n) is 44.7. The Hall–Kier alpha value is -7.67. The largest absolute Gasteiger partial charge is 0.365 e. The van der Waals surface area contributed by atoms with E-state index in [1.807, 2.05) is 0 Å². The first-order chi connectivity index (χ1) is 37.9. The van der Waals surface area contributed by atoms with Gasteiger partial charge in [0.05, 0.1) is 8.07 Å². The van der Waals surface area contributed by atoms with Crippen LogP contribution in [-0.2, 0) is 0 Å². The van der Waals surface area contributed by atoms with Crippen molar-refractivity contribution in [2.75, 3.05) is 24.5 Å². The summed E-state index contributed by atoms with van der Waals surface area (Å²) >= 11 is 0. The van der Waals surface area contributed by atoms with Crippen molar-refractivity contribution >= 4 is 133 Å². The van der Waals surface area contributed by atoms with E-state index < -0.39 is 8.07 Å². The Morgan fingerprint density at radius 3 is 1.05 bits per heavy atom. The second-order valence-electron chi connectivity index (χ2n) is 23.7. The SMILES string of the molecule is C[Si](C)(C)c1cc2c3c(c1)N(c1ccccc1)c1cc4c(cc1B3c1ccccc1N2c1ccccc1)B1c2ccccc2N(c2ccccc2)c2cc(N(C3CCCCC3)C3CCCCC3)cc(c21)N4c1ccccc1. The lowest BCUT2D eigenvalue weighted by molar-refractivity contribution is 0.340. The molecule has 0 N–H and O–H groups in total. The molecule has 2 fully saturated rings. The van der Waals surface area contributed by atoms with Crippen molar-refractivity contribution in [1.29, 1.82) is 0 Å². The van der Waals surface area contributed by atoms with Crippen LogP contribution in [0.15, 0.2) is 206 Å². The molecule has 0 bridgehead atoms. The van der Waals surface area contributed by atoms with Gasteiger partial charge in [-0.2, -0.15) is 0 Å². The van der Waals surface area contributed by atoms with Crippen molar-refractivity contribution in [2.24, 2.45) is 0 Å². The predicted octanol–water partition coefficient (Wildman–Crippen LogP) is 13.9. The maximum Gasteiger partial charge on any atom is 0.252 e. The number of hydrogen-bond donors (Lipinski definition) is 0. The molecule has 15 rings (SSSR count). The van der Waals surface area contributed by atoms with Crippen LogP contribution >= 0.6 is 0 Å². The number of anilines is 13. The molecule has 0 atom stereocenters. The molecule has 0 radical (unpaired) electrons. The Morgan fingerprint density at radius 1 is 0.338 bits per heavy atom. The molecule has 5 nitrogen and oxygen atoms in total. The van der Waals surface area contributed by atoms with Crippen molar-refractivity contribution in [2.45, 2.75) is 95.9 Å². The van der Waals surface area contributed by atoms with Gasteiger partial charge in [-0.15, -0.1) is 0 Å². The van der Waals surface area contributed by atoms with Crippen molar-refractivity contribution in [3.8, 4) is 0 Å². The van der Waals surface area contributed by atoms with Gasteiger partial charge in [0.25, 0.3) is 13.4 Å². The van der Waals surface area contributed by atoms with Crippen LogP contribution in [0.2, 0.25) is 19.6 Å². The van der Waals surface area contributed by atoms with Crippen LogP contribution in [-0.4, -0.2) is 33.6 Å².